The molecular weight excluding hydrogens is 641 g/mol. The lowest BCUT2D eigenvalue weighted by molar-refractivity contribution is -0.166. The van der Waals surface area contributed by atoms with E-state index in [4.69, 9.17) is 30.0 Å². The van der Waals surface area contributed by atoms with Crippen molar-refractivity contribution in [3.8, 4) is 0 Å². The van der Waals surface area contributed by atoms with E-state index in [1.54, 1.807) is 52.0 Å². The van der Waals surface area contributed by atoms with Crippen molar-refractivity contribution in [2.75, 3.05) is 31.3 Å². The summed E-state index contributed by atoms with van der Waals surface area (Å²) >= 11 is 0.916. The Bertz CT molecular complexity index is 1440. The van der Waals surface area contributed by atoms with E-state index in [9.17, 15) is 29.2 Å². The zero-order chi connectivity index (χ0) is 34.3. The highest BCUT2D eigenvalue weighted by Gasteiger charge is 2.57. The highest BCUT2D eigenvalue weighted by atomic mass is 32.2. The Labute approximate surface area is 271 Å². The SMILES string of the molecule is CC(C)C(N)C(=O)OC1[C@@H](COP(=O)(NCc2ccccc2)OCCSC(=O)C(C)(C)CO)O[C@@H](n2ccc(N)nc2=O)C1(C)O. The molecule has 6 atom stereocenters. The number of nitrogen functional groups attached to an aromatic ring is 1. The van der Waals surface area contributed by atoms with Gasteiger partial charge in [0.25, 0.3) is 0 Å². The maximum atomic E-state index is 14.0. The van der Waals surface area contributed by atoms with Crippen molar-refractivity contribution >= 4 is 36.4 Å². The van der Waals surface area contributed by atoms with Crippen molar-refractivity contribution in [1.29, 1.82) is 0 Å². The van der Waals surface area contributed by atoms with E-state index in [1.807, 2.05) is 6.07 Å². The molecule has 15 nitrogen and oxygen atoms in total. The lowest BCUT2D eigenvalue weighted by Gasteiger charge is -2.31. The van der Waals surface area contributed by atoms with Gasteiger partial charge in [0.05, 0.1) is 25.2 Å². The fourth-order valence-corrected chi connectivity index (χ4v) is 6.52. The number of carbonyl (C=O) groups excluding carboxylic acids is 2. The summed E-state index contributed by atoms with van der Waals surface area (Å²) in [5.41, 5.74) is 8.59. The first-order valence-electron chi connectivity index (χ1n) is 14.7. The minimum absolute atomic E-state index is 0.0491. The summed E-state index contributed by atoms with van der Waals surface area (Å²) in [7, 11) is -4.14. The van der Waals surface area contributed by atoms with Crippen LogP contribution >= 0.6 is 19.5 Å². The molecule has 1 saturated heterocycles. The molecule has 1 aromatic heterocycles. The second kappa shape index (κ2) is 16.0. The van der Waals surface area contributed by atoms with E-state index in [0.717, 1.165) is 21.9 Å². The van der Waals surface area contributed by atoms with E-state index in [0.29, 0.717) is 0 Å². The molecule has 0 radical (unpaired) electrons. The molecule has 0 bridgehead atoms. The van der Waals surface area contributed by atoms with Gasteiger partial charge in [0.1, 0.15) is 23.6 Å². The molecular formula is C29H44N5O10PS. The van der Waals surface area contributed by atoms with Crippen LogP contribution in [0.2, 0.25) is 0 Å². The van der Waals surface area contributed by atoms with Gasteiger partial charge in [0.2, 0.25) is 0 Å². The molecule has 4 unspecified atom stereocenters. The number of carbonyl (C=O) groups is 2. The van der Waals surface area contributed by atoms with Crippen LogP contribution in [0.15, 0.2) is 47.4 Å². The maximum Gasteiger partial charge on any atom is 0.405 e. The number of aliphatic hydroxyl groups is 2. The standard InChI is InChI=1S/C29H44N5O10PS/c1-18(2)22(31)24(36)44-23-20(43-25(29(23,5)39)34-12-11-21(30)33-27(34)38)16-42-45(40,32-15-19-9-7-6-8-10-19)41-13-14-46-26(37)28(3,4)17-35/h6-12,18,20,22-23,25,35,39H,13-17,31H2,1-5H3,(H,32,40)(H2,30,33,38)/t20-,22?,23?,25-,29?,45?/m1/s1. The van der Waals surface area contributed by atoms with Gasteiger partial charge in [0, 0.05) is 18.5 Å². The van der Waals surface area contributed by atoms with E-state index in [1.165, 1.54) is 19.2 Å². The third kappa shape index (κ3) is 9.69. The normalized spacial score (nSPS) is 23.6. The summed E-state index contributed by atoms with van der Waals surface area (Å²) in [5, 5.41) is 23.6. The second-order valence-corrected chi connectivity index (χ2v) is 14.9. The number of benzene rings is 1. The third-order valence-electron chi connectivity index (χ3n) is 7.31. The summed E-state index contributed by atoms with van der Waals surface area (Å²) in [5.74, 6) is -1.06. The predicted octanol–water partition coefficient (Wildman–Crippen LogP) is 1.58. The largest absolute Gasteiger partial charge is 0.455 e. The Hall–Kier alpha value is -2.66. The van der Waals surface area contributed by atoms with Gasteiger partial charge in [-0.1, -0.05) is 55.9 Å². The highest BCUT2D eigenvalue weighted by Crippen LogP contribution is 2.47. The highest BCUT2D eigenvalue weighted by molar-refractivity contribution is 8.13. The molecule has 0 aliphatic carbocycles. The van der Waals surface area contributed by atoms with Crippen LogP contribution < -0.4 is 22.2 Å². The van der Waals surface area contributed by atoms with Gasteiger partial charge < -0.3 is 31.2 Å². The van der Waals surface area contributed by atoms with Crippen LogP contribution in [0.25, 0.3) is 0 Å². The number of ether oxygens (including phenoxy) is 2. The Morgan fingerprint density at radius 2 is 1.91 bits per heavy atom. The van der Waals surface area contributed by atoms with Gasteiger partial charge in [-0.2, -0.15) is 4.98 Å². The third-order valence-corrected chi connectivity index (χ3v) is 10.1. The molecule has 2 aromatic rings. The molecule has 1 fully saturated rings. The van der Waals surface area contributed by atoms with Crippen molar-refractivity contribution in [2.24, 2.45) is 17.1 Å². The number of esters is 1. The first-order chi connectivity index (χ1) is 21.5. The number of nitrogens with zero attached hydrogens (tertiary/aromatic N) is 2. The average Bonchev–Trinajstić information content (AvgIpc) is 3.25. The summed E-state index contributed by atoms with van der Waals surface area (Å²) < 4.78 is 38.0. The molecule has 1 aliphatic rings. The van der Waals surface area contributed by atoms with Gasteiger partial charge in [-0.3, -0.25) is 23.2 Å². The fraction of sp³-hybridized carbons (Fsp3) is 0.586. The molecule has 7 N–H and O–H groups in total. The number of hydrogen-bond acceptors (Lipinski definition) is 14. The van der Waals surface area contributed by atoms with E-state index in [-0.39, 0.29) is 42.4 Å². The molecule has 46 heavy (non-hydrogen) atoms. The number of rotatable bonds is 16. The van der Waals surface area contributed by atoms with Crippen LogP contribution in [0.1, 0.15) is 46.4 Å². The molecule has 0 amide bonds. The molecule has 1 aromatic carbocycles. The minimum Gasteiger partial charge on any atom is -0.455 e. The van der Waals surface area contributed by atoms with Crippen molar-refractivity contribution < 1.29 is 42.9 Å². The van der Waals surface area contributed by atoms with Crippen LogP contribution in [-0.4, -0.2) is 80.3 Å². The maximum absolute atomic E-state index is 14.0. The van der Waals surface area contributed by atoms with Gasteiger partial charge >= 0.3 is 19.4 Å². The average molecular weight is 686 g/mol. The van der Waals surface area contributed by atoms with Crippen LogP contribution in [0.5, 0.6) is 0 Å². The van der Waals surface area contributed by atoms with Crippen molar-refractivity contribution in [3.63, 3.8) is 0 Å². The first-order valence-corrected chi connectivity index (χ1v) is 17.2. The quantitative estimate of drug-likeness (QED) is 0.0960. The van der Waals surface area contributed by atoms with Crippen molar-refractivity contribution in [1.82, 2.24) is 14.6 Å². The molecule has 17 heteroatoms. The molecule has 1 aliphatic heterocycles. The topological polar surface area (TPSA) is 228 Å². The minimum atomic E-state index is -4.14. The number of hydrogen-bond donors (Lipinski definition) is 5. The Balaban J connectivity index is 1.84. The van der Waals surface area contributed by atoms with Crippen molar-refractivity contribution in [3.05, 3.63) is 58.6 Å². The molecule has 3 rings (SSSR count). The monoisotopic (exact) mass is 685 g/mol. The van der Waals surface area contributed by atoms with Gasteiger partial charge in [-0.15, -0.1) is 0 Å². The zero-order valence-electron chi connectivity index (χ0n) is 26.5. The molecule has 0 spiro atoms. The number of aromatic nitrogens is 2. The Kier molecular flexibility index (Phi) is 13.1. The summed E-state index contributed by atoms with van der Waals surface area (Å²) in [4.78, 5) is 41.7. The summed E-state index contributed by atoms with van der Waals surface area (Å²) in [6.07, 6.45) is -2.83. The lowest BCUT2D eigenvalue weighted by atomic mass is 9.95. The van der Waals surface area contributed by atoms with E-state index >= 15 is 0 Å². The number of thioether (sulfide) groups is 1. The van der Waals surface area contributed by atoms with Gasteiger partial charge in [-0.25, -0.2) is 14.4 Å². The summed E-state index contributed by atoms with van der Waals surface area (Å²) in [6.45, 7) is 7.02. The first kappa shape index (κ1) is 37.8. The molecule has 2 heterocycles. The molecule has 0 saturated carbocycles. The smallest absolute Gasteiger partial charge is 0.405 e. The summed E-state index contributed by atoms with van der Waals surface area (Å²) in [6, 6.07) is 9.34. The number of aliphatic hydroxyl groups excluding tert-OH is 1. The number of nitrogens with two attached hydrogens (primary N) is 2. The Morgan fingerprint density at radius 1 is 1.24 bits per heavy atom. The molecule has 256 valence electrons. The van der Waals surface area contributed by atoms with Crippen LogP contribution in [0, 0.1) is 11.3 Å². The Morgan fingerprint density at radius 3 is 2.52 bits per heavy atom. The fourth-order valence-electron chi connectivity index (χ4n) is 4.28. The van der Waals surface area contributed by atoms with E-state index < -0.39 is 61.5 Å². The number of anilines is 1. The van der Waals surface area contributed by atoms with Crippen LogP contribution in [0.3, 0.4) is 0 Å². The van der Waals surface area contributed by atoms with Gasteiger partial charge in [0.15, 0.2) is 17.4 Å². The number of nitrogens with one attached hydrogen (secondary N) is 1. The van der Waals surface area contributed by atoms with Gasteiger partial charge in [-0.05, 0) is 38.3 Å². The predicted molar refractivity (Wildman–Crippen MR) is 171 cm³/mol. The second-order valence-electron chi connectivity index (χ2n) is 12.0. The zero-order valence-corrected chi connectivity index (χ0v) is 28.2. The lowest BCUT2D eigenvalue weighted by Crippen LogP contribution is -2.51. The van der Waals surface area contributed by atoms with E-state index in [2.05, 4.69) is 10.1 Å². The van der Waals surface area contributed by atoms with Crippen LogP contribution in [-0.2, 0) is 39.2 Å². The van der Waals surface area contributed by atoms with Crippen molar-refractivity contribution in [2.45, 2.75) is 71.2 Å². The van der Waals surface area contributed by atoms with Crippen LogP contribution in [0.4, 0.5) is 5.82 Å².